The summed E-state index contributed by atoms with van der Waals surface area (Å²) in [6.45, 7) is 3.56. The van der Waals surface area contributed by atoms with E-state index in [9.17, 15) is 10.1 Å². The van der Waals surface area contributed by atoms with Gasteiger partial charge >= 0.3 is 0 Å². The molecule has 1 saturated carbocycles. The van der Waals surface area contributed by atoms with Crippen molar-refractivity contribution in [3.8, 4) is 0 Å². The van der Waals surface area contributed by atoms with Crippen molar-refractivity contribution in [1.82, 2.24) is 10.3 Å². The zero-order valence-electron chi connectivity index (χ0n) is 13.2. The van der Waals surface area contributed by atoms with Crippen molar-refractivity contribution in [2.45, 2.75) is 58.4 Å². The van der Waals surface area contributed by atoms with Gasteiger partial charge in [-0.25, -0.2) is 0 Å². The molecule has 0 saturated heterocycles. The molecule has 1 aromatic rings. The van der Waals surface area contributed by atoms with E-state index in [0.29, 0.717) is 11.6 Å². The molecule has 5 nitrogen and oxygen atoms in total. The molecule has 0 radical (unpaired) electrons. The Balaban J connectivity index is 2.09. The van der Waals surface area contributed by atoms with E-state index < -0.39 is 0 Å². The molecule has 5 heteroatoms. The molecule has 2 rings (SSSR count). The molecule has 1 heterocycles. The Morgan fingerprint density at radius 2 is 2.10 bits per heavy atom. The molecule has 0 aliphatic heterocycles. The predicted octanol–water partition coefficient (Wildman–Crippen LogP) is 3.32. The van der Waals surface area contributed by atoms with Crippen LogP contribution in [0.2, 0.25) is 0 Å². The number of hydrogen-bond donors (Lipinski definition) is 1. The van der Waals surface area contributed by atoms with Crippen LogP contribution < -0.4 is 5.32 Å². The second-order valence-corrected chi connectivity index (χ2v) is 6.10. The first-order valence-corrected chi connectivity index (χ1v) is 7.81. The molecule has 21 heavy (non-hydrogen) atoms. The SMILES string of the molecule is CNC(CCc1ncc(C)c([N+](=O)[O-])c1C)C1CCCC1. The minimum absolute atomic E-state index is 0.224. The van der Waals surface area contributed by atoms with Crippen LogP contribution in [0.4, 0.5) is 5.69 Å². The quantitative estimate of drug-likeness (QED) is 0.645. The Morgan fingerprint density at radius 1 is 1.43 bits per heavy atom. The van der Waals surface area contributed by atoms with Crippen LogP contribution in [0.3, 0.4) is 0 Å². The molecular formula is C16H25N3O2. The van der Waals surface area contributed by atoms with E-state index in [4.69, 9.17) is 0 Å². The highest BCUT2D eigenvalue weighted by Gasteiger charge is 2.25. The van der Waals surface area contributed by atoms with Crippen LogP contribution in [0.5, 0.6) is 0 Å². The molecule has 1 atom stereocenters. The summed E-state index contributed by atoms with van der Waals surface area (Å²) in [5, 5.41) is 14.6. The number of aromatic nitrogens is 1. The van der Waals surface area contributed by atoms with Gasteiger partial charge in [-0.3, -0.25) is 15.1 Å². The summed E-state index contributed by atoms with van der Waals surface area (Å²) >= 11 is 0. The molecule has 1 aliphatic rings. The molecule has 116 valence electrons. The number of nitrogens with zero attached hydrogens (tertiary/aromatic N) is 2. The highest BCUT2D eigenvalue weighted by atomic mass is 16.6. The highest BCUT2D eigenvalue weighted by molar-refractivity contribution is 5.47. The number of nitrogens with one attached hydrogen (secondary N) is 1. The summed E-state index contributed by atoms with van der Waals surface area (Å²) in [6.07, 6.45) is 8.68. The third kappa shape index (κ3) is 3.59. The predicted molar refractivity (Wildman–Crippen MR) is 83.5 cm³/mol. The molecule has 1 fully saturated rings. The maximum absolute atomic E-state index is 11.2. The monoisotopic (exact) mass is 291 g/mol. The lowest BCUT2D eigenvalue weighted by atomic mass is 9.92. The Labute approximate surface area is 126 Å². The third-order valence-corrected chi connectivity index (χ3v) is 4.79. The Kier molecular flexibility index (Phi) is 5.28. The number of rotatable bonds is 6. The van der Waals surface area contributed by atoms with Crippen LogP contribution in [-0.2, 0) is 6.42 Å². The maximum Gasteiger partial charge on any atom is 0.278 e. The maximum atomic E-state index is 11.2. The van der Waals surface area contributed by atoms with E-state index in [-0.39, 0.29) is 10.6 Å². The van der Waals surface area contributed by atoms with Crippen molar-refractivity contribution in [2.75, 3.05) is 7.05 Å². The standard InChI is InChI=1S/C16H25N3O2/c1-11-10-18-14(12(2)16(11)19(20)21)8-9-15(17-3)13-6-4-5-7-13/h10,13,15,17H,4-9H2,1-3H3. The van der Waals surface area contributed by atoms with Crippen molar-refractivity contribution in [1.29, 1.82) is 0 Å². The van der Waals surface area contributed by atoms with Crippen LogP contribution in [-0.4, -0.2) is 23.0 Å². The van der Waals surface area contributed by atoms with Gasteiger partial charge in [0.25, 0.3) is 5.69 Å². The fraction of sp³-hybridized carbons (Fsp3) is 0.688. The van der Waals surface area contributed by atoms with E-state index >= 15 is 0 Å². The minimum Gasteiger partial charge on any atom is -0.317 e. The smallest absolute Gasteiger partial charge is 0.278 e. The van der Waals surface area contributed by atoms with Crippen molar-refractivity contribution in [3.05, 3.63) is 33.1 Å². The minimum atomic E-state index is -0.289. The number of hydrogen-bond acceptors (Lipinski definition) is 4. The molecule has 0 bridgehead atoms. The molecule has 1 N–H and O–H groups in total. The van der Waals surface area contributed by atoms with Gasteiger partial charge in [0, 0.05) is 23.4 Å². The average Bonchev–Trinajstić information content (AvgIpc) is 2.95. The van der Waals surface area contributed by atoms with Crippen LogP contribution in [0.25, 0.3) is 0 Å². The first-order chi connectivity index (χ1) is 10.0. The van der Waals surface area contributed by atoms with Gasteiger partial charge in [0.15, 0.2) is 0 Å². The number of nitro groups is 1. The van der Waals surface area contributed by atoms with Gasteiger partial charge in [0.05, 0.1) is 10.6 Å². The first-order valence-electron chi connectivity index (χ1n) is 7.81. The molecule has 1 aliphatic carbocycles. The van der Waals surface area contributed by atoms with Crippen molar-refractivity contribution in [2.24, 2.45) is 5.92 Å². The lowest BCUT2D eigenvalue weighted by Crippen LogP contribution is -2.32. The highest BCUT2D eigenvalue weighted by Crippen LogP contribution is 2.30. The molecular weight excluding hydrogens is 266 g/mol. The van der Waals surface area contributed by atoms with Gasteiger partial charge < -0.3 is 5.32 Å². The van der Waals surface area contributed by atoms with Gasteiger partial charge in [-0.2, -0.15) is 0 Å². The second-order valence-electron chi connectivity index (χ2n) is 6.10. The summed E-state index contributed by atoms with van der Waals surface area (Å²) in [5.74, 6) is 0.746. The van der Waals surface area contributed by atoms with Crippen molar-refractivity contribution >= 4 is 5.69 Å². The summed E-state index contributed by atoms with van der Waals surface area (Å²) in [6, 6.07) is 0.494. The van der Waals surface area contributed by atoms with Gasteiger partial charge in [-0.15, -0.1) is 0 Å². The van der Waals surface area contributed by atoms with E-state index in [1.807, 2.05) is 14.0 Å². The van der Waals surface area contributed by atoms with E-state index in [1.165, 1.54) is 25.7 Å². The van der Waals surface area contributed by atoms with E-state index in [1.54, 1.807) is 13.1 Å². The van der Waals surface area contributed by atoms with Crippen LogP contribution in [0.15, 0.2) is 6.20 Å². The largest absolute Gasteiger partial charge is 0.317 e. The van der Waals surface area contributed by atoms with Crippen LogP contribution in [0.1, 0.15) is 48.9 Å². The van der Waals surface area contributed by atoms with Gasteiger partial charge in [0.1, 0.15) is 0 Å². The van der Waals surface area contributed by atoms with Crippen molar-refractivity contribution in [3.63, 3.8) is 0 Å². The topological polar surface area (TPSA) is 68.1 Å². The number of aryl methyl sites for hydroxylation is 2. The summed E-state index contributed by atoms with van der Waals surface area (Å²) in [4.78, 5) is 15.3. The third-order valence-electron chi connectivity index (χ3n) is 4.79. The fourth-order valence-electron chi connectivity index (χ4n) is 3.57. The van der Waals surface area contributed by atoms with E-state index in [0.717, 1.165) is 30.0 Å². The van der Waals surface area contributed by atoms with Crippen LogP contribution in [0, 0.1) is 29.9 Å². The lowest BCUT2D eigenvalue weighted by Gasteiger charge is -2.23. The lowest BCUT2D eigenvalue weighted by molar-refractivity contribution is -0.386. The summed E-state index contributed by atoms with van der Waals surface area (Å²) in [5.41, 5.74) is 2.45. The van der Waals surface area contributed by atoms with E-state index in [2.05, 4.69) is 10.3 Å². The van der Waals surface area contributed by atoms with Gasteiger partial charge in [0.2, 0.25) is 0 Å². The molecule has 0 aromatic carbocycles. The zero-order chi connectivity index (χ0) is 15.4. The van der Waals surface area contributed by atoms with Crippen molar-refractivity contribution < 1.29 is 4.92 Å². The fourth-order valence-corrected chi connectivity index (χ4v) is 3.57. The van der Waals surface area contributed by atoms with Gasteiger partial charge in [-0.05, 0) is 52.5 Å². The Morgan fingerprint density at radius 3 is 2.67 bits per heavy atom. The molecule has 0 amide bonds. The summed E-state index contributed by atoms with van der Waals surface area (Å²) in [7, 11) is 2.01. The normalized spacial score (nSPS) is 17.1. The zero-order valence-corrected chi connectivity index (χ0v) is 13.2. The Bertz CT molecular complexity index is 510. The molecule has 1 unspecified atom stereocenters. The second kappa shape index (κ2) is 6.98. The molecule has 1 aromatic heterocycles. The average molecular weight is 291 g/mol. The van der Waals surface area contributed by atoms with Gasteiger partial charge in [-0.1, -0.05) is 12.8 Å². The number of pyridine rings is 1. The van der Waals surface area contributed by atoms with Crippen LogP contribution >= 0.6 is 0 Å². The first kappa shape index (κ1) is 15.9. The molecule has 0 spiro atoms. The Hall–Kier alpha value is -1.49. The summed E-state index contributed by atoms with van der Waals surface area (Å²) < 4.78 is 0.